The predicted octanol–water partition coefficient (Wildman–Crippen LogP) is 3.81. The summed E-state index contributed by atoms with van der Waals surface area (Å²) in [4.78, 5) is 21.2. The number of hydrogen-bond acceptors (Lipinski definition) is 6. The van der Waals surface area contributed by atoms with E-state index in [1.54, 1.807) is 12.1 Å². The zero-order valence-corrected chi connectivity index (χ0v) is 17.3. The van der Waals surface area contributed by atoms with E-state index in [9.17, 15) is 9.18 Å². The maximum absolute atomic E-state index is 15.0. The van der Waals surface area contributed by atoms with Crippen LogP contribution in [0.25, 0.3) is 0 Å². The van der Waals surface area contributed by atoms with Gasteiger partial charge in [-0.15, -0.1) is 0 Å². The van der Waals surface area contributed by atoms with Gasteiger partial charge >= 0.3 is 0 Å². The SMILES string of the molecule is C[C@H]1OCC[C@]2(c3cc(NC(=O)c4ccc(Cl)cn4)ccc3F)N=C(N)SC[C@H]12. The molecule has 4 rings (SSSR count). The Bertz CT molecular complexity index is 971. The van der Waals surface area contributed by atoms with Crippen molar-refractivity contribution in [2.24, 2.45) is 16.6 Å². The van der Waals surface area contributed by atoms with Crippen molar-refractivity contribution in [1.29, 1.82) is 0 Å². The van der Waals surface area contributed by atoms with Crippen molar-refractivity contribution in [1.82, 2.24) is 4.98 Å². The molecule has 1 aromatic heterocycles. The first-order valence-corrected chi connectivity index (χ1v) is 10.6. The summed E-state index contributed by atoms with van der Waals surface area (Å²) < 4.78 is 20.8. The molecule has 3 N–H and O–H groups in total. The highest BCUT2D eigenvalue weighted by Crippen LogP contribution is 2.48. The van der Waals surface area contributed by atoms with E-state index >= 15 is 0 Å². The third-order valence-electron chi connectivity index (χ3n) is 5.42. The number of amides is 1. The molecule has 3 heterocycles. The lowest BCUT2D eigenvalue weighted by atomic mass is 9.72. The van der Waals surface area contributed by atoms with Crippen LogP contribution in [-0.2, 0) is 10.3 Å². The molecule has 2 aliphatic heterocycles. The Morgan fingerprint density at radius 1 is 1.41 bits per heavy atom. The minimum Gasteiger partial charge on any atom is -0.379 e. The van der Waals surface area contributed by atoms with Crippen molar-refractivity contribution in [3.63, 3.8) is 0 Å². The minimum absolute atomic E-state index is 0.0214. The van der Waals surface area contributed by atoms with Gasteiger partial charge in [0.15, 0.2) is 5.17 Å². The Kier molecular flexibility index (Phi) is 5.50. The molecule has 1 saturated heterocycles. The van der Waals surface area contributed by atoms with Gasteiger partial charge in [0.25, 0.3) is 5.91 Å². The zero-order valence-electron chi connectivity index (χ0n) is 15.7. The lowest BCUT2D eigenvalue weighted by Crippen LogP contribution is -2.50. The number of carbonyl (C=O) groups excluding carboxylic acids is 1. The van der Waals surface area contributed by atoms with Crippen LogP contribution in [-0.4, -0.2) is 34.5 Å². The molecule has 152 valence electrons. The van der Waals surface area contributed by atoms with Crippen molar-refractivity contribution >= 4 is 40.1 Å². The van der Waals surface area contributed by atoms with E-state index in [4.69, 9.17) is 27.1 Å². The summed E-state index contributed by atoms with van der Waals surface area (Å²) in [5, 5.41) is 3.65. The molecule has 9 heteroatoms. The topological polar surface area (TPSA) is 89.6 Å². The fourth-order valence-electron chi connectivity index (χ4n) is 3.94. The molecular formula is C20H20ClFN4O2S. The van der Waals surface area contributed by atoms with Crippen LogP contribution in [0.1, 0.15) is 29.4 Å². The van der Waals surface area contributed by atoms with E-state index in [0.717, 1.165) is 0 Å². The van der Waals surface area contributed by atoms with Crippen molar-refractivity contribution in [2.75, 3.05) is 17.7 Å². The molecule has 1 aromatic carbocycles. The van der Waals surface area contributed by atoms with E-state index in [1.807, 2.05) is 6.92 Å². The number of nitrogens with one attached hydrogen (secondary N) is 1. The number of nitrogens with two attached hydrogens (primary N) is 1. The van der Waals surface area contributed by atoms with Crippen molar-refractivity contribution in [2.45, 2.75) is 25.0 Å². The first-order valence-electron chi connectivity index (χ1n) is 9.22. The van der Waals surface area contributed by atoms with E-state index in [0.29, 0.717) is 40.2 Å². The Hall–Kier alpha value is -2.16. The standard InChI is InChI=1S/C20H20ClFN4O2S/c1-11-15-10-29-19(23)26-20(15,6-7-28-11)14-8-13(3-4-16(14)22)25-18(27)17-5-2-12(21)9-24-17/h2-5,8-9,11,15H,6-7,10H2,1H3,(H2,23,26)(H,25,27)/t11-,15-,20-/m1/s1. The van der Waals surface area contributed by atoms with Crippen molar-refractivity contribution < 1.29 is 13.9 Å². The van der Waals surface area contributed by atoms with E-state index in [-0.39, 0.29) is 23.5 Å². The first kappa shape index (κ1) is 20.1. The van der Waals surface area contributed by atoms with Gasteiger partial charge in [0.1, 0.15) is 11.5 Å². The summed E-state index contributed by atoms with van der Waals surface area (Å²) in [7, 11) is 0. The van der Waals surface area contributed by atoms with Crippen LogP contribution in [0.15, 0.2) is 41.5 Å². The third kappa shape index (κ3) is 3.84. The molecule has 3 atom stereocenters. The van der Waals surface area contributed by atoms with Crippen LogP contribution < -0.4 is 11.1 Å². The molecule has 0 radical (unpaired) electrons. The summed E-state index contributed by atoms with van der Waals surface area (Å²) in [5.74, 6) is -0.112. The monoisotopic (exact) mass is 434 g/mol. The third-order valence-corrected chi connectivity index (χ3v) is 6.55. The maximum atomic E-state index is 15.0. The van der Waals surface area contributed by atoms with Crippen LogP contribution in [0, 0.1) is 11.7 Å². The normalized spacial score (nSPS) is 26.4. The van der Waals surface area contributed by atoms with Gasteiger partial charge in [0.2, 0.25) is 0 Å². The van der Waals surface area contributed by atoms with Gasteiger partial charge in [-0.05, 0) is 37.3 Å². The number of hydrogen-bond donors (Lipinski definition) is 2. The average molecular weight is 435 g/mol. The number of aromatic nitrogens is 1. The zero-order chi connectivity index (χ0) is 20.6. The van der Waals surface area contributed by atoms with Gasteiger partial charge in [-0.2, -0.15) is 0 Å². The van der Waals surface area contributed by atoms with Crippen molar-refractivity contribution in [3.05, 3.63) is 58.6 Å². The van der Waals surface area contributed by atoms with Crippen LogP contribution in [0.5, 0.6) is 0 Å². The second kappa shape index (κ2) is 7.93. The largest absolute Gasteiger partial charge is 0.379 e. The number of rotatable bonds is 3. The number of halogens is 2. The van der Waals surface area contributed by atoms with Gasteiger partial charge in [-0.3, -0.25) is 9.79 Å². The minimum atomic E-state index is -0.809. The van der Waals surface area contributed by atoms with Crippen LogP contribution in [0.3, 0.4) is 0 Å². The van der Waals surface area contributed by atoms with Crippen molar-refractivity contribution in [3.8, 4) is 0 Å². The Labute approximate surface area is 177 Å². The highest BCUT2D eigenvalue weighted by Gasteiger charge is 2.49. The number of anilines is 1. The number of thioether (sulfide) groups is 1. The highest BCUT2D eigenvalue weighted by atomic mass is 35.5. The second-order valence-corrected chi connectivity index (χ2v) is 8.60. The van der Waals surface area contributed by atoms with Gasteiger partial charge in [-0.25, -0.2) is 9.37 Å². The van der Waals surface area contributed by atoms with Crippen LogP contribution >= 0.6 is 23.4 Å². The quantitative estimate of drug-likeness (QED) is 0.766. The molecular weight excluding hydrogens is 415 g/mol. The van der Waals surface area contributed by atoms with Gasteiger partial charge in [0.05, 0.1) is 16.7 Å². The molecule has 0 spiro atoms. The van der Waals surface area contributed by atoms with E-state index < -0.39 is 11.4 Å². The number of amidine groups is 1. The Morgan fingerprint density at radius 3 is 3.00 bits per heavy atom. The molecule has 6 nitrogen and oxygen atoms in total. The molecule has 2 aliphatic rings. The van der Waals surface area contributed by atoms with Crippen LogP contribution in [0.2, 0.25) is 5.02 Å². The summed E-state index contributed by atoms with van der Waals surface area (Å²) >= 11 is 7.27. The average Bonchev–Trinajstić information content (AvgIpc) is 2.69. The van der Waals surface area contributed by atoms with Gasteiger partial charge < -0.3 is 15.8 Å². The number of pyridine rings is 1. The fourth-order valence-corrected chi connectivity index (χ4v) is 5.18. The number of nitrogens with zero attached hydrogens (tertiary/aromatic N) is 2. The maximum Gasteiger partial charge on any atom is 0.274 e. The molecule has 0 unspecified atom stereocenters. The smallest absolute Gasteiger partial charge is 0.274 e. The summed E-state index contributed by atoms with van der Waals surface area (Å²) in [6.45, 7) is 2.44. The Morgan fingerprint density at radius 2 is 2.24 bits per heavy atom. The first-order chi connectivity index (χ1) is 13.9. The second-order valence-electron chi connectivity index (χ2n) is 7.13. The molecule has 0 aliphatic carbocycles. The summed E-state index contributed by atoms with van der Waals surface area (Å²) in [6, 6.07) is 7.62. The number of benzene rings is 1. The predicted molar refractivity (Wildman–Crippen MR) is 113 cm³/mol. The molecule has 1 fully saturated rings. The summed E-state index contributed by atoms with van der Waals surface area (Å²) in [5.41, 5.74) is 6.31. The molecule has 1 amide bonds. The van der Waals surface area contributed by atoms with E-state index in [2.05, 4.69) is 10.3 Å². The summed E-state index contributed by atoms with van der Waals surface area (Å²) in [6.07, 6.45) is 1.84. The number of ether oxygens (including phenoxy) is 1. The molecule has 0 bridgehead atoms. The fraction of sp³-hybridized carbons (Fsp3) is 0.350. The molecule has 2 aromatic rings. The lowest BCUT2D eigenvalue weighted by Gasteiger charge is -2.47. The molecule has 29 heavy (non-hydrogen) atoms. The Balaban J connectivity index is 1.70. The number of aliphatic imine (C=N–C) groups is 1. The van der Waals surface area contributed by atoms with Gasteiger partial charge in [-0.1, -0.05) is 23.4 Å². The highest BCUT2D eigenvalue weighted by molar-refractivity contribution is 8.13. The number of carbonyl (C=O) groups is 1. The molecule has 0 saturated carbocycles. The lowest BCUT2D eigenvalue weighted by molar-refractivity contribution is -0.0514. The van der Waals surface area contributed by atoms with Crippen LogP contribution in [0.4, 0.5) is 10.1 Å². The van der Waals surface area contributed by atoms with E-state index in [1.165, 1.54) is 36.2 Å². The number of fused-ring (bicyclic) bond motifs is 1. The van der Waals surface area contributed by atoms with Gasteiger partial charge in [0, 0.05) is 42.1 Å².